The monoisotopic (exact) mass is 456 g/mol. The third-order valence-electron chi connectivity index (χ3n) is 5.63. The maximum Gasteiger partial charge on any atom is 0.238 e. The van der Waals surface area contributed by atoms with Crippen LogP contribution in [0, 0.1) is 13.8 Å². The molecule has 31 heavy (non-hydrogen) atoms. The van der Waals surface area contributed by atoms with E-state index in [9.17, 15) is 13.2 Å². The summed E-state index contributed by atoms with van der Waals surface area (Å²) in [5.74, 6) is 0.179. The van der Waals surface area contributed by atoms with E-state index in [-0.39, 0.29) is 22.6 Å². The van der Waals surface area contributed by atoms with Gasteiger partial charge >= 0.3 is 0 Å². The molecule has 2 N–H and O–H groups in total. The third kappa shape index (κ3) is 4.13. The molecule has 1 aliphatic heterocycles. The van der Waals surface area contributed by atoms with Crippen LogP contribution >= 0.6 is 11.8 Å². The number of sulfonamides is 1. The maximum absolute atomic E-state index is 13.1. The fraction of sp³-hybridized carbons (Fsp3) is 0.273. The highest BCUT2D eigenvalue weighted by atomic mass is 32.2. The van der Waals surface area contributed by atoms with E-state index in [0.717, 1.165) is 22.1 Å². The highest BCUT2D eigenvalue weighted by molar-refractivity contribution is 7.99. The summed E-state index contributed by atoms with van der Waals surface area (Å²) in [7, 11) is -3.78. The zero-order valence-corrected chi connectivity index (χ0v) is 19.2. The van der Waals surface area contributed by atoms with Crippen LogP contribution in [0.4, 0.5) is 5.69 Å². The number of fused-ring (bicyclic) bond motifs is 1. The molecule has 0 saturated carbocycles. The lowest BCUT2D eigenvalue weighted by Crippen LogP contribution is -2.37. The van der Waals surface area contributed by atoms with Crippen molar-refractivity contribution in [1.82, 2.24) is 9.55 Å². The number of amides is 1. The smallest absolute Gasteiger partial charge is 0.238 e. The fourth-order valence-corrected chi connectivity index (χ4v) is 5.33. The molecular weight excluding hydrogens is 432 g/mol. The summed E-state index contributed by atoms with van der Waals surface area (Å²) in [6.07, 6.45) is 4.22. The van der Waals surface area contributed by atoms with Crippen LogP contribution in [-0.4, -0.2) is 35.7 Å². The molecular formula is C22H24N4O3S2. The molecule has 2 aromatic carbocycles. The standard InChI is InChI=1S/C22H24N4O3S2/c1-14-5-4-6-19(16(14)3)25-10-9-24-22(25)30-13-21(27)26-15(2)11-17-12-18(31(23,28)29)7-8-20(17)26/h4-10,12,15H,11,13H2,1-3H3,(H2,23,28,29). The number of carbonyl (C=O) groups excluding carboxylic acids is 1. The number of nitrogens with zero attached hydrogens (tertiary/aromatic N) is 3. The molecule has 0 bridgehead atoms. The number of thioether (sulfide) groups is 1. The third-order valence-corrected chi connectivity index (χ3v) is 7.49. The van der Waals surface area contributed by atoms with Crippen LogP contribution in [-0.2, 0) is 21.2 Å². The van der Waals surface area contributed by atoms with Crippen LogP contribution in [0.2, 0.25) is 0 Å². The molecule has 1 aromatic heterocycles. The van der Waals surface area contributed by atoms with Crippen LogP contribution < -0.4 is 10.0 Å². The van der Waals surface area contributed by atoms with Crippen molar-refractivity contribution in [3.05, 3.63) is 65.5 Å². The summed E-state index contributed by atoms with van der Waals surface area (Å²) in [6, 6.07) is 10.7. The molecule has 0 saturated heterocycles. The first kappa shape index (κ1) is 21.6. The summed E-state index contributed by atoms with van der Waals surface area (Å²) >= 11 is 1.39. The zero-order chi connectivity index (χ0) is 22.3. The lowest BCUT2D eigenvalue weighted by atomic mass is 10.1. The van der Waals surface area contributed by atoms with Gasteiger partial charge in [-0.15, -0.1) is 0 Å². The van der Waals surface area contributed by atoms with Crippen molar-refractivity contribution in [3.63, 3.8) is 0 Å². The van der Waals surface area contributed by atoms with E-state index in [2.05, 4.69) is 24.9 Å². The maximum atomic E-state index is 13.1. The van der Waals surface area contributed by atoms with Crippen molar-refractivity contribution in [2.75, 3.05) is 10.7 Å². The largest absolute Gasteiger partial charge is 0.308 e. The van der Waals surface area contributed by atoms with Gasteiger partial charge in [0.15, 0.2) is 5.16 Å². The molecule has 0 spiro atoms. The molecule has 0 radical (unpaired) electrons. The molecule has 162 valence electrons. The first-order valence-corrected chi connectivity index (χ1v) is 12.4. The lowest BCUT2D eigenvalue weighted by molar-refractivity contribution is -0.116. The number of aromatic nitrogens is 2. The Hall–Kier alpha value is -2.62. The number of imidazole rings is 1. The number of hydrogen-bond acceptors (Lipinski definition) is 5. The second kappa shape index (κ2) is 8.14. The summed E-state index contributed by atoms with van der Waals surface area (Å²) in [5, 5.41) is 5.99. The highest BCUT2D eigenvalue weighted by Gasteiger charge is 2.31. The van der Waals surface area contributed by atoms with E-state index in [4.69, 9.17) is 5.14 Å². The van der Waals surface area contributed by atoms with E-state index in [1.165, 1.54) is 29.0 Å². The van der Waals surface area contributed by atoms with Crippen molar-refractivity contribution in [2.24, 2.45) is 5.14 Å². The summed E-state index contributed by atoms with van der Waals surface area (Å²) < 4.78 is 25.3. The van der Waals surface area contributed by atoms with E-state index < -0.39 is 10.0 Å². The Morgan fingerprint density at radius 3 is 2.74 bits per heavy atom. The van der Waals surface area contributed by atoms with Gasteiger partial charge in [0.1, 0.15) is 0 Å². The van der Waals surface area contributed by atoms with Gasteiger partial charge in [0.25, 0.3) is 0 Å². The van der Waals surface area contributed by atoms with Gasteiger partial charge in [0, 0.05) is 24.1 Å². The zero-order valence-electron chi connectivity index (χ0n) is 17.6. The predicted molar refractivity (Wildman–Crippen MR) is 122 cm³/mol. The number of aryl methyl sites for hydroxylation is 1. The number of benzene rings is 2. The van der Waals surface area contributed by atoms with Crippen LogP contribution in [0.3, 0.4) is 0 Å². The Labute approximate surface area is 186 Å². The van der Waals surface area contributed by atoms with Crippen molar-refractivity contribution in [1.29, 1.82) is 0 Å². The molecule has 0 aliphatic carbocycles. The Morgan fingerprint density at radius 2 is 2.00 bits per heavy atom. The van der Waals surface area contributed by atoms with Crippen LogP contribution in [0.25, 0.3) is 5.69 Å². The second-order valence-corrected chi connectivity index (χ2v) is 10.2. The van der Waals surface area contributed by atoms with Gasteiger partial charge in [0.2, 0.25) is 15.9 Å². The van der Waals surface area contributed by atoms with Crippen molar-refractivity contribution < 1.29 is 13.2 Å². The highest BCUT2D eigenvalue weighted by Crippen LogP contribution is 2.34. The molecule has 3 aromatic rings. The Balaban J connectivity index is 1.54. The van der Waals surface area contributed by atoms with E-state index >= 15 is 0 Å². The Kier molecular flexibility index (Phi) is 5.67. The summed E-state index contributed by atoms with van der Waals surface area (Å²) in [6.45, 7) is 6.10. The van der Waals surface area contributed by atoms with Gasteiger partial charge < -0.3 is 4.90 Å². The molecule has 0 fully saturated rings. The predicted octanol–water partition coefficient (Wildman–Crippen LogP) is 3.21. The number of primary sulfonamides is 1. The molecule has 2 heterocycles. The van der Waals surface area contributed by atoms with E-state index in [1.807, 2.05) is 29.8 Å². The van der Waals surface area contributed by atoms with Crippen molar-refractivity contribution in [3.8, 4) is 5.69 Å². The van der Waals surface area contributed by atoms with Crippen molar-refractivity contribution >= 4 is 33.4 Å². The normalized spacial score (nSPS) is 15.9. The molecule has 1 amide bonds. The van der Waals surface area contributed by atoms with Gasteiger partial charge in [-0.3, -0.25) is 9.36 Å². The fourth-order valence-electron chi connectivity index (χ4n) is 3.94. The van der Waals surface area contributed by atoms with E-state index in [0.29, 0.717) is 6.42 Å². The quantitative estimate of drug-likeness (QED) is 0.595. The number of anilines is 1. The molecule has 1 unspecified atom stereocenters. The second-order valence-electron chi connectivity index (χ2n) is 7.74. The first-order valence-electron chi connectivity index (χ1n) is 9.87. The number of nitrogens with two attached hydrogens (primary N) is 1. The first-order chi connectivity index (χ1) is 14.7. The minimum absolute atomic E-state index is 0.0462. The number of hydrogen-bond donors (Lipinski definition) is 1. The molecule has 4 rings (SSSR count). The molecule has 1 atom stereocenters. The Morgan fingerprint density at radius 1 is 1.23 bits per heavy atom. The van der Waals surface area contributed by atoms with Crippen LogP contribution in [0.1, 0.15) is 23.6 Å². The summed E-state index contributed by atoms with van der Waals surface area (Å²) in [4.78, 5) is 19.3. The van der Waals surface area contributed by atoms with Crippen LogP contribution in [0.5, 0.6) is 0 Å². The minimum Gasteiger partial charge on any atom is -0.308 e. The number of rotatable bonds is 5. The molecule has 7 nitrogen and oxygen atoms in total. The molecule has 1 aliphatic rings. The van der Waals surface area contributed by atoms with Gasteiger partial charge in [0.05, 0.1) is 16.3 Å². The van der Waals surface area contributed by atoms with Gasteiger partial charge in [-0.05, 0) is 68.1 Å². The van der Waals surface area contributed by atoms with Gasteiger partial charge in [-0.25, -0.2) is 18.5 Å². The summed E-state index contributed by atoms with van der Waals surface area (Å²) in [5.41, 5.74) is 4.96. The SMILES string of the molecule is Cc1cccc(-n2ccnc2SCC(=O)N2c3ccc(S(N)(=O)=O)cc3CC2C)c1C. The van der Waals surface area contributed by atoms with Gasteiger partial charge in [-0.2, -0.15) is 0 Å². The topological polar surface area (TPSA) is 98.3 Å². The minimum atomic E-state index is -3.78. The van der Waals surface area contributed by atoms with Crippen LogP contribution in [0.15, 0.2) is 58.8 Å². The Bertz CT molecular complexity index is 1270. The average molecular weight is 457 g/mol. The van der Waals surface area contributed by atoms with E-state index in [1.54, 1.807) is 23.2 Å². The van der Waals surface area contributed by atoms with Gasteiger partial charge in [-0.1, -0.05) is 23.9 Å². The molecule has 9 heteroatoms. The average Bonchev–Trinajstić information content (AvgIpc) is 3.30. The van der Waals surface area contributed by atoms with Crippen molar-refractivity contribution in [2.45, 2.75) is 43.3 Å². The lowest BCUT2D eigenvalue weighted by Gasteiger charge is -2.22. The number of carbonyl (C=O) groups is 1.